The first-order chi connectivity index (χ1) is 7.79. The molecule has 0 bridgehead atoms. The third-order valence-electron chi connectivity index (χ3n) is 2.60. The van der Waals surface area contributed by atoms with Crippen molar-refractivity contribution >= 4 is 0 Å². The summed E-state index contributed by atoms with van der Waals surface area (Å²) in [6.45, 7) is 1.60. The van der Waals surface area contributed by atoms with Gasteiger partial charge in [0.25, 0.3) is 0 Å². The minimum absolute atomic E-state index is 0.665. The number of hydrogen-bond acceptors (Lipinski definition) is 3. The van der Waals surface area contributed by atoms with Gasteiger partial charge in [0, 0.05) is 38.1 Å². The minimum atomic E-state index is 0.665. The smallest absolute Gasteiger partial charge is 0.0948 e. The van der Waals surface area contributed by atoms with Crippen molar-refractivity contribution in [3.05, 3.63) is 36.2 Å². The first kappa shape index (κ1) is 10.9. The lowest BCUT2D eigenvalue weighted by Crippen LogP contribution is -2.09. The molecule has 0 radical (unpaired) electrons. The summed E-state index contributed by atoms with van der Waals surface area (Å²) in [6, 6.07) is 0. The van der Waals surface area contributed by atoms with Crippen LogP contribution < -0.4 is 5.73 Å². The van der Waals surface area contributed by atoms with E-state index in [1.54, 1.807) is 0 Å². The van der Waals surface area contributed by atoms with E-state index in [0.717, 1.165) is 19.4 Å². The monoisotopic (exact) mass is 219 g/mol. The van der Waals surface area contributed by atoms with Crippen molar-refractivity contribution in [1.82, 2.24) is 19.3 Å². The van der Waals surface area contributed by atoms with E-state index >= 15 is 0 Å². The maximum atomic E-state index is 5.54. The van der Waals surface area contributed by atoms with Crippen molar-refractivity contribution in [2.45, 2.75) is 19.4 Å². The van der Waals surface area contributed by atoms with Crippen LogP contribution in [0.3, 0.4) is 0 Å². The molecule has 0 aliphatic carbocycles. The molecule has 16 heavy (non-hydrogen) atoms. The second-order valence-corrected chi connectivity index (χ2v) is 3.89. The Bertz CT molecular complexity index is 443. The van der Waals surface area contributed by atoms with E-state index < -0.39 is 0 Å². The van der Waals surface area contributed by atoms with Crippen molar-refractivity contribution in [2.24, 2.45) is 12.8 Å². The molecular formula is C11H17N5. The van der Waals surface area contributed by atoms with E-state index in [0.29, 0.717) is 6.54 Å². The van der Waals surface area contributed by atoms with Crippen LogP contribution in [0.15, 0.2) is 24.9 Å². The Labute approximate surface area is 94.9 Å². The van der Waals surface area contributed by atoms with Crippen LogP contribution in [0.5, 0.6) is 0 Å². The fraction of sp³-hybridized carbons (Fsp3) is 0.455. The van der Waals surface area contributed by atoms with Gasteiger partial charge in [-0.1, -0.05) is 0 Å². The van der Waals surface area contributed by atoms with Crippen LogP contribution in [0.1, 0.15) is 11.3 Å². The average molecular weight is 219 g/mol. The fourth-order valence-electron chi connectivity index (χ4n) is 1.76. The molecule has 5 heteroatoms. The molecule has 0 aliphatic rings. The number of imidazole rings is 1. The van der Waals surface area contributed by atoms with E-state index in [2.05, 4.69) is 14.6 Å². The molecule has 0 amide bonds. The lowest BCUT2D eigenvalue weighted by atomic mass is 10.2. The molecule has 0 unspecified atom stereocenters. The molecule has 0 saturated heterocycles. The van der Waals surface area contributed by atoms with Crippen LogP contribution in [-0.2, 0) is 26.4 Å². The summed E-state index contributed by atoms with van der Waals surface area (Å²) in [5, 5.41) is 4.15. The van der Waals surface area contributed by atoms with Crippen molar-refractivity contribution in [1.29, 1.82) is 0 Å². The second kappa shape index (κ2) is 4.94. The molecule has 2 heterocycles. The Balaban J connectivity index is 1.96. The van der Waals surface area contributed by atoms with Crippen molar-refractivity contribution < 1.29 is 0 Å². The topological polar surface area (TPSA) is 61.7 Å². The van der Waals surface area contributed by atoms with E-state index in [9.17, 15) is 0 Å². The van der Waals surface area contributed by atoms with E-state index in [-0.39, 0.29) is 0 Å². The van der Waals surface area contributed by atoms with Gasteiger partial charge in [0.2, 0.25) is 0 Å². The number of nitrogens with two attached hydrogens (primary N) is 1. The maximum absolute atomic E-state index is 5.54. The first-order valence-corrected chi connectivity index (χ1v) is 5.46. The maximum Gasteiger partial charge on any atom is 0.0948 e. The normalized spacial score (nSPS) is 10.9. The number of nitrogens with zero attached hydrogens (tertiary/aromatic N) is 4. The van der Waals surface area contributed by atoms with E-state index in [1.165, 1.54) is 11.3 Å². The summed E-state index contributed by atoms with van der Waals surface area (Å²) < 4.78 is 3.98. The van der Waals surface area contributed by atoms with Crippen molar-refractivity contribution in [2.75, 3.05) is 6.54 Å². The summed E-state index contributed by atoms with van der Waals surface area (Å²) in [4.78, 5) is 4.14. The van der Waals surface area contributed by atoms with Crippen LogP contribution in [-0.4, -0.2) is 25.9 Å². The SMILES string of the molecule is Cn1cc(CCn2cncc2CCN)cn1. The van der Waals surface area contributed by atoms with Gasteiger partial charge in [-0.3, -0.25) is 4.68 Å². The molecular weight excluding hydrogens is 202 g/mol. The molecule has 86 valence electrons. The Hall–Kier alpha value is -1.62. The lowest BCUT2D eigenvalue weighted by Gasteiger charge is -2.05. The highest BCUT2D eigenvalue weighted by atomic mass is 15.2. The fourth-order valence-corrected chi connectivity index (χ4v) is 1.76. The highest BCUT2D eigenvalue weighted by molar-refractivity contribution is 5.05. The van der Waals surface area contributed by atoms with Gasteiger partial charge >= 0.3 is 0 Å². The third kappa shape index (κ3) is 2.49. The van der Waals surface area contributed by atoms with E-state index in [1.807, 2.05) is 36.6 Å². The predicted octanol–water partition coefficient (Wildman–Crippen LogP) is 0.360. The van der Waals surface area contributed by atoms with E-state index in [4.69, 9.17) is 5.73 Å². The standard InChI is InChI=1S/C11H17N5/c1-15-8-10(6-14-15)3-5-16-9-13-7-11(16)2-4-12/h6-9H,2-5,12H2,1H3. The molecule has 2 aromatic heterocycles. The van der Waals surface area contributed by atoms with Gasteiger partial charge < -0.3 is 10.3 Å². The zero-order chi connectivity index (χ0) is 11.4. The highest BCUT2D eigenvalue weighted by Crippen LogP contribution is 2.04. The Kier molecular flexibility index (Phi) is 3.36. The van der Waals surface area contributed by atoms with Crippen molar-refractivity contribution in [3.8, 4) is 0 Å². The zero-order valence-electron chi connectivity index (χ0n) is 9.50. The van der Waals surface area contributed by atoms with Crippen LogP contribution in [0, 0.1) is 0 Å². The first-order valence-electron chi connectivity index (χ1n) is 5.46. The van der Waals surface area contributed by atoms with Crippen LogP contribution >= 0.6 is 0 Å². The zero-order valence-corrected chi connectivity index (χ0v) is 9.50. The number of hydrogen-bond donors (Lipinski definition) is 1. The molecule has 0 fully saturated rings. The molecule has 2 rings (SSSR count). The van der Waals surface area contributed by atoms with Crippen LogP contribution in [0.4, 0.5) is 0 Å². The quantitative estimate of drug-likeness (QED) is 0.790. The highest BCUT2D eigenvalue weighted by Gasteiger charge is 2.02. The largest absolute Gasteiger partial charge is 0.334 e. The van der Waals surface area contributed by atoms with Crippen LogP contribution in [0.2, 0.25) is 0 Å². The Morgan fingerprint density at radius 2 is 2.19 bits per heavy atom. The van der Waals surface area contributed by atoms with Gasteiger partial charge in [0.05, 0.1) is 12.5 Å². The summed E-state index contributed by atoms with van der Waals surface area (Å²) in [7, 11) is 1.93. The molecule has 2 N–H and O–H groups in total. The molecule has 0 spiro atoms. The summed E-state index contributed by atoms with van der Waals surface area (Å²) in [5.41, 5.74) is 7.99. The van der Waals surface area contributed by atoms with Gasteiger partial charge in [0.15, 0.2) is 0 Å². The summed E-state index contributed by atoms with van der Waals surface area (Å²) in [6.07, 6.45) is 9.55. The molecule has 0 aliphatic heterocycles. The predicted molar refractivity (Wildman–Crippen MR) is 61.9 cm³/mol. The Morgan fingerprint density at radius 1 is 1.31 bits per heavy atom. The Morgan fingerprint density at radius 3 is 2.88 bits per heavy atom. The van der Waals surface area contributed by atoms with Gasteiger partial charge in [0.1, 0.15) is 0 Å². The van der Waals surface area contributed by atoms with Crippen molar-refractivity contribution in [3.63, 3.8) is 0 Å². The summed E-state index contributed by atoms with van der Waals surface area (Å²) >= 11 is 0. The molecule has 0 saturated carbocycles. The lowest BCUT2D eigenvalue weighted by molar-refractivity contribution is 0.657. The third-order valence-corrected chi connectivity index (χ3v) is 2.60. The molecule has 0 atom stereocenters. The summed E-state index contributed by atoms with van der Waals surface area (Å²) in [5.74, 6) is 0. The van der Waals surface area contributed by atoms with Gasteiger partial charge in [-0.05, 0) is 18.5 Å². The average Bonchev–Trinajstić information content (AvgIpc) is 2.85. The minimum Gasteiger partial charge on any atom is -0.334 e. The number of aryl methyl sites for hydroxylation is 3. The second-order valence-electron chi connectivity index (χ2n) is 3.89. The molecule has 2 aromatic rings. The van der Waals surface area contributed by atoms with Gasteiger partial charge in [-0.2, -0.15) is 5.10 Å². The van der Waals surface area contributed by atoms with Gasteiger partial charge in [-0.15, -0.1) is 0 Å². The molecule has 0 aromatic carbocycles. The van der Waals surface area contributed by atoms with Crippen LogP contribution in [0.25, 0.3) is 0 Å². The molecule has 5 nitrogen and oxygen atoms in total. The van der Waals surface area contributed by atoms with Gasteiger partial charge in [-0.25, -0.2) is 4.98 Å². The number of rotatable bonds is 5. The number of aromatic nitrogens is 4.